The molecule has 0 aliphatic rings. The maximum Gasteiger partial charge on any atom is 0.183 e. The van der Waals surface area contributed by atoms with Crippen molar-refractivity contribution in [1.29, 1.82) is 5.41 Å². The Bertz CT molecular complexity index is 1110. The van der Waals surface area contributed by atoms with Crippen molar-refractivity contribution in [2.75, 3.05) is 11.6 Å². The van der Waals surface area contributed by atoms with Gasteiger partial charge in [0.2, 0.25) is 0 Å². The molecule has 0 unspecified atom stereocenters. The minimum absolute atomic E-state index is 0.0165. The third-order valence-electron chi connectivity index (χ3n) is 4.84. The molecule has 4 rings (SSSR count). The Hall–Kier alpha value is -2.61. The molecule has 0 atom stereocenters. The molecule has 2 aromatic carbocycles. The number of benzene rings is 2. The number of thiophene rings is 1. The number of rotatable bonds is 7. The molecule has 0 spiro atoms. The molecule has 0 saturated carbocycles. The first-order valence-electron chi connectivity index (χ1n) is 9.42. The highest BCUT2D eigenvalue weighted by Crippen LogP contribution is 2.42. The standard InChI is InChI=1S/C23H22N4S3/c1-14-18(22(28-2)30-20(14)21(24)25)17-13-29-23(26-17)27-19(15-9-5-3-6-10-15)16-11-7-4-8-12-16/h3-13,19H,1-2H3,(H3,24,25)(H,26,27). The highest BCUT2D eigenvalue weighted by molar-refractivity contribution is 8.00. The van der Waals surface area contributed by atoms with Gasteiger partial charge in [-0.1, -0.05) is 60.7 Å². The third-order valence-corrected chi connectivity index (χ3v) is 8.06. The van der Waals surface area contributed by atoms with Gasteiger partial charge in [-0.3, -0.25) is 5.41 Å². The van der Waals surface area contributed by atoms with E-state index in [1.54, 1.807) is 34.4 Å². The van der Waals surface area contributed by atoms with Crippen LogP contribution < -0.4 is 11.1 Å². The van der Waals surface area contributed by atoms with Gasteiger partial charge in [-0.15, -0.1) is 34.4 Å². The van der Waals surface area contributed by atoms with E-state index in [1.165, 1.54) is 11.1 Å². The largest absolute Gasteiger partial charge is 0.383 e. The van der Waals surface area contributed by atoms with Crippen LogP contribution in [0.1, 0.15) is 27.6 Å². The summed E-state index contributed by atoms with van der Waals surface area (Å²) in [6.07, 6.45) is 2.05. The zero-order valence-corrected chi connectivity index (χ0v) is 19.1. The second kappa shape index (κ2) is 9.04. The van der Waals surface area contributed by atoms with E-state index in [-0.39, 0.29) is 11.9 Å². The molecule has 0 radical (unpaired) electrons. The maximum absolute atomic E-state index is 7.86. The summed E-state index contributed by atoms with van der Waals surface area (Å²) in [4.78, 5) is 5.73. The molecule has 0 amide bonds. The summed E-state index contributed by atoms with van der Waals surface area (Å²) >= 11 is 4.83. The van der Waals surface area contributed by atoms with Crippen LogP contribution >= 0.6 is 34.4 Å². The van der Waals surface area contributed by atoms with Crippen molar-refractivity contribution in [1.82, 2.24) is 4.98 Å². The van der Waals surface area contributed by atoms with Crippen molar-refractivity contribution >= 4 is 45.4 Å². The van der Waals surface area contributed by atoms with Gasteiger partial charge in [0.05, 0.1) is 20.8 Å². The molecular formula is C23H22N4S3. The van der Waals surface area contributed by atoms with Crippen molar-refractivity contribution < 1.29 is 0 Å². The molecule has 4 nitrogen and oxygen atoms in total. The van der Waals surface area contributed by atoms with E-state index >= 15 is 0 Å². The topological polar surface area (TPSA) is 74.8 Å². The molecule has 2 aromatic heterocycles. The zero-order chi connectivity index (χ0) is 21.1. The first-order chi connectivity index (χ1) is 14.6. The van der Waals surface area contributed by atoms with Crippen molar-refractivity contribution in [2.45, 2.75) is 17.2 Å². The molecule has 4 aromatic rings. The average molecular weight is 451 g/mol. The second-order valence-electron chi connectivity index (χ2n) is 6.77. The molecular weight excluding hydrogens is 428 g/mol. The minimum atomic E-state index is 0.0165. The lowest BCUT2D eigenvalue weighted by Gasteiger charge is -2.19. The Balaban J connectivity index is 1.69. The van der Waals surface area contributed by atoms with E-state index in [4.69, 9.17) is 16.1 Å². The van der Waals surface area contributed by atoms with Crippen molar-refractivity contribution in [3.63, 3.8) is 0 Å². The fourth-order valence-corrected chi connectivity index (χ4v) is 6.10. The van der Waals surface area contributed by atoms with Gasteiger partial charge in [-0.05, 0) is 29.9 Å². The maximum atomic E-state index is 7.86. The number of thiazole rings is 1. The van der Waals surface area contributed by atoms with Crippen LogP contribution in [0.4, 0.5) is 5.13 Å². The number of hydrogen-bond acceptors (Lipinski definition) is 6. The summed E-state index contributed by atoms with van der Waals surface area (Å²) in [6, 6.07) is 20.8. The van der Waals surface area contributed by atoms with Gasteiger partial charge < -0.3 is 11.1 Å². The van der Waals surface area contributed by atoms with Crippen molar-refractivity contribution in [3.8, 4) is 11.3 Å². The SMILES string of the molecule is CSc1sc(C(=N)N)c(C)c1-c1csc(NC(c2ccccc2)c2ccccc2)n1. The normalized spacial score (nSPS) is 11.0. The number of amidine groups is 1. The Morgan fingerprint density at radius 1 is 1.07 bits per heavy atom. The first kappa shape index (κ1) is 20.7. The number of nitrogens with one attached hydrogen (secondary N) is 2. The minimum Gasteiger partial charge on any atom is -0.383 e. The Morgan fingerprint density at radius 3 is 2.20 bits per heavy atom. The molecule has 0 bridgehead atoms. The third kappa shape index (κ3) is 4.14. The lowest BCUT2D eigenvalue weighted by atomic mass is 9.99. The highest BCUT2D eigenvalue weighted by atomic mass is 32.2. The molecule has 4 N–H and O–H groups in total. The van der Waals surface area contributed by atoms with Crippen LogP contribution in [0, 0.1) is 12.3 Å². The molecule has 0 saturated heterocycles. The summed E-state index contributed by atoms with van der Waals surface area (Å²) < 4.78 is 1.14. The number of thioether (sulfide) groups is 1. The van der Waals surface area contributed by atoms with Gasteiger partial charge in [0.1, 0.15) is 5.84 Å². The van der Waals surface area contributed by atoms with Crippen LogP contribution in [0.3, 0.4) is 0 Å². The Labute approximate surface area is 188 Å². The number of nitrogens with two attached hydrogens (primary N) is 1. The Morgan fingerprint density at radius 2 is 1.67 bits per heavy atom. The summed E-state index contributed by atoms with van der Waals surface area (Å²) in [7, 11) is 0. The van der Waals surface area contributed by atoms with E-state index in [1.807, 2.05) is 25.3 Å². The molecule has 152 valence electrons. The smallest absolute Gasteiger partial charge is 0.183 e. The van der Waals surface area contributed by atoms with Gasteiger partial charge in [-0.25, -0.2) is 4.98 Å². The molecule has 0 aliphatic heterocycles. The van der Waals surface area contributed by atoms with Gasteiger partial charge >= 0.3 is 0 Å². The van der Waals surface area contributed by atoms with Crippen LogP contribution in [-0.4, -0.2) is 17.1 Å². The Kier molecular flexibility index (Phi) is 6.22. The van der Waals surface area contributed by atoms with Crippen LogP contribution in [0.5, 0.6) is 0 Å². The van der Waals surface area contributed by atoms with Crippen LogP contribution in [-0.2, 0) is 0 Å². The van der Waals surface area contributed by atoms with E-state index in [2.05, 4.69) is 59.2 Å². The van der Waals surface area contributed by atoms with Crippen molar-refractivity contribution in [3.05, 3.63) is 87.6 Å². The molecule has 0 fully saturated rings. The van der Waals surface area contributed by atoms with Crippen molar-refractivity contribution in [2.24, 2.45) is 5.73 Å². The van der Waals surface area contributed by atoms with Gasteiger partial charge in [0.15, 0.2) is 5.13 Å². The quantitative estimate of drug-likeness (QED) is 0.173. The number of hydrogen-bond donors (Lipinski definition) is 3. The fraction of sp³-hybridized carbons (Fsp3) is 0.130. The lowest BCUT2D eigenvalue weighted by Crippen LogP contribution is -2.12. The molecule has 7 heteroatoms. The first-order valence-corrected chi connectivity index (χ1v) is 12.3. The zero-order valence-electron chi connectivity index (χ0n) is 16.7. The number of aromatic nitrogens is 1. The predicted octanol–water partition coefficient (Wildman–Crippen LogP) is 6.39. The monoisotopic (exact) mass is 450 g/mol. The van der Waals surface area contributed by atoms with Gasteiger partial charge in [0.25, 0.3) is 0 Å². The summed E-state index contributed by atoms with van der Waals surface area (Å²) in [6.45, 7) is 2.02. The number of nitrogen functional groups attached to an aromatic ring is 1. The summed E-state index contributed by atoms with van der Waals surface area (Å²) in [5, 5.41) is 14.4. The van der Waals surface area contributed by atoms with Gasteiger partial charge in [0, 0.05) is 10.9 Å². The van der Waals surface area contributed by atoms with Crippen LogP contribution in [0.15, 0.2) is 70.3 Å². The van der Waals surface area contributed by atoms with E-state index in [0.717, 1.165) is 31.0 Å². The van der Waals surface area contributed by atoms with Crippen LogP contribution in [0.25, 0.3) is 11.3 Å². The number of nitrogens with zero attached hydrogens (tertiary/aromatic N) is 1. The van der Waals surface area contributed by atoms with Crippen LogP contribution in [0.2, 0.25) is 0 Å². The fourth-order valence-electron chi connectivity index (χ4n) is 3.41. The summed E-state index contributed by atoms with van der Waals surface area (Å²) in [5.74, 6) is 0.112. The molecule has 2 heterocycles. The summed E-state index contributed by atoms with van der Waals surface area (Å²) in [5.41, 5.74) is 11.2. The van der Waals surface area contributed by atoms with E-state index in [0.29, 0.717) is 0 Å². The van der Waals surface area contributed by atoms with Gasteiger partial charge in [-0.2, -0.15) is 0 Å². The average Bonchev–Trinajstić information content (AvgIpc) is 3.36. The lowest BCUT2D eigenvalue weighted by molar-refractivity contribution is 0.935. The second-order valence-corrected chi connectivity index (χ2v) is 9.73. The predicted molar refractivity (Wildman–Crippen MR) is 131 cm³/mol. The number of anilines is 1. The molecule has 30 heavy (non-hydrogen) atoms. The highest BCUT2D eigenvalue weighted by Gasteiger charge is 2.21. The van der Waals surface area contributed by atoms with E-state index < -0.39 is 0 Å². The van der Waals surface area contributed by atoms with E-state index in [9.17, 15) is 0 Å². The molecule has 0 aliphatic carbocycles.